The molecule has 3 N–H and O–H groups in total. The van der Waals surface area contributed by atoms with Crippen LogP contribution in [0.5, 0.6) is 0 Å². The zero-order valence-corrected chi connectivity index (χ0v) is 13.4. The predicted molar refractivity (Wildman–Crippen MR) is 91.5 cm³/mol. The molecule has 0 unspecified atom stereocenters. The molecule has 0 radical (unpaired) electrons. The van der Waals surface area contributed by atoms with Gasteiger partial charge in [0.2, 0.25) is 0 Å². The van der Waals surface area contributed by atoms with Crippen LogP contribution in [0.2, 0.25) is 0 Å². The lowest BCUT2D eigenvalue weighted by molar-refractivity contribution is -0.137. The zero-order valence-electron chi connectivity index (χ0n) is 13.4. The van der Waals surface area contributed by atoms with Gasteiger partial charge in [-0.25, -0.2) is 9.97 Å². The summed E-state index contributed by atoms with van der Waals surface area (Å²) in [5, 5.41) is 7.02. The van der Waals surface area contributed by atoms with Gasteiger partial charge in [0.1, 0.15) is 17.5 Å². The first kappa shape index (κ1) is 16.4. The third-order valence-electron chi connectivity index (χ3n) is 4.02. The maximum atomic E-state index is 12.9. The highest BCUT2D eigenvalue weighted by molar-refractivity contribution is 5.93. The van der Waals surface area contributed by atoms with Gasteiger partial charge in [-0.1, -0.05) is 0 Å². The Labute approximate surface area is 145 Å². The summed E-state index contributed by atoms with van der Waals surface area (Å²) in [4.78, 5) is 23.0. The van der Waals surface area contributed by atoms with Crippen LogP contribution < -0.4 is 16.2 Å². The van der Waals surface area contributed by atoms with Gasteiger partial charge in [-0.05, 0) is 42.5 Å². The van der Waals surface area contributed by atoms with E-state index in [0.29, 0.717) is 22.4 Å². The van der Waals surface area contributed by atoms with E-state index in [4.69, 9.17) is 0 Å². The van der Waals surface area contributed by atoms with Gasteiger partial charge in [-0.3, -0.25) is 4.79 Å². The average molecular weight is 361 g/mol. The van der Waals surface area contributed by atoms with Crippen LogP contribution in [0.15, 0.2) is 41.5 Å². The fraction of sp³-hybridized carbons (Fsp3) is 0.235. The summed E-state index contributed by atoms with van der Waals surface area (Å²) in [6, 6.07) is 5.38. The molecule has 1 aliphatic carbocycles. The Balaban J connectivity index is 1.74. The largest absolute Gasteiger partial charge is 0.416 e. The highest BCUT2D eigenvalue weighted by Gasteiger charge is 2.30. The van der Waals surface area contributed by atoms with Gasteiger partial charge in [0.05, 0.1) is 10.9 Å². The Hall–Kier alpha value is -3.10. The Morgan fingerprint density at radius 1 is 1.15 bits per heavy atom. The number of anilines is 3. The summed E-state index contributed by atoms with van der Waals surface area (Å²) < 4.78 is 38.6. The molecule has 1 saturated carbocycles. The molecule has 3 aromatic heterocycles. The van der Waals surface area contributed by atoms with E-state index < -0.39 is 11.7 Å². The van der Waals surface area contributed by atoms with Gasteiger partial charge in [0.25, 0.3) is 5.56 Å². The maximum absolute atomic E-state index is 12.9. The van der Waals surface area contributed by atoms with Crippen molar-refractivity contribution in [3.05, 3.63) is 52.6 Å². The van der Waals surface area contributed by atoms with Crippen molar-refractivity contribution >= 4 is 28.2 Å². The Bertz CT molecular complexity index is 1030. The molecule has 6 nitrogen and oxygen atoms in total. The quantitative estimate of drug-likeness (QED) is 0.661. The van der Waals surface area contributed by atoms with E-state index >= 15 is 0 Å². The normalized spacial score (nSPS) is 14.4. The number of nitrogens with zero attached hydrogens (tertiary/aromatic N) is 2. The van der Waals surface area contributed by atoms with Gasteiger partial charge in [0.15, 0.2) is 0 Å². The van der Waals surface area contributed by atoms with Crippen LogP contribution in [-0.2, 0) is 6.18 Å². The fourth-order valence-corrected chi connectivity index (χ4v) is 2.61. The molecule has 0 aliphatic heterocycles. The van der Waals surface area contributed by atoms with Crippen molar-refractivity contribution in [3.8, 4) is 0 Å². The minimum absolute atomic E-state index is 0.0221. The molecule has 0 bridgehead atoms. The summed E-state index contributed by atoms with van der Waals surface area (Å²) in [7, 11) is 0. The molecule has 134 valence electrons. The van der Waals surface area contributed by atoms with Crippen LogP contribution in [0.4, 0.5) is 30.6 Å². The van der Waals surface area contributed by atoms with Gasteiger partial charge < -0.3 is 15.6 Å². The second-order valence-electron chi connectivity index (χ2n) is 6.10. The molecule has 0 atom stereocenters. The lowest BCUT2D eigenvalue weighted by atomic mass is 10.2. The summed E-state index contributed by atoms with van der Waals surface area (Å²) in [5.41, 5.74) is -1.08. The lowest BCUT2D eigenvalue weighted by Crippen LogP contribution is -2.13. The maximum Gasteiger partial charge on any atom is 0.416 e. The number of alkyl halides is 3. The summed E-state index contributed by atoms with van der Waals surface area (Å²) in [6.07, 6.45) is 0.113. The van der Waals surface area contributed by atoms with Gasteiger partial charge in [-0.15, -0.1) is 0 Å². The van der Waals surface area contributed by atoms with Crippen molar-refractivity contribution < 1.29 is 13.2 Å². The molecule has 3 heterocycles. The highest BCUT2D eigenvalue weighted by Crippen LogP contribution is 2.32. The van der Waals surface area contributed by atoms with Crippen LogP contribution in [0.3, 0.4) is 0 Å². The summed E-state index contributed by atoms with van der Waals surface area (Å²) in [6.45, 7) is 0. The highest BCUT2D eigenvalue weighted by atomic mass is 19.4. The van der Waals surface area contributed by atoms with E-state index in [1.807, 2.05) is 0 Å². The molecule has 0 saturated heterocycles. The number of aromatic amines is 1. The first-order valence-corrected chi connectivity index (χ1v) is 7.99. The molecule has 0 amide bonds. The second-order valence-corrected chi connectivity index (χ2v) is 6.10. The summed E-state index contributed by atoms with van der Waals surface area (Å²) >= 11 is 0. The Morgan fingerprint density at radius 2 is 1.96 bits per heavy atom. The van der Waals surface area contributed by atoms with Gasteiger partial charge in [-0.2, -0.15) is 13.2 Å². The SMILES string of the molecule is O=c1[nH]ccc2cc(Nc3cc(C(F)(F)F)ccn3)nc(NC3CC3)c12. The molecule has 1 aliphatic rings. The number of halogens is 3. The average Bonchev–Trinajstić information content (AvgIpc) is 3.38. The van der Waals surface area contributed by atoms with Crippen LogP contribution in [0.25, 0.3) is 10.8 Å². The second kappa shape index (κ2) is 6.01. The van der Waals surface area contributed by atoms with E-state index in [2.05, 4.69) is 25.6 Å². The van der Waals surface area contributed by atoms with Crippen LogP contribution in [-0.4, -0.2) is 21.0 Å². The Morgan fingerprint density at radius 3 is 2.69 bits per heavy atom. The van der Waals surface area contributed by atoms with Crippen molar-refractivity contribution in [2.24, 2.45) is 0 Å². The van der Waals surface area contributed by atoms with Crippen LogP contribution in [0.1, 0.15) is 18.4 Å². The number of rotatable bonds is 4. The van der Waals surface area contributed by atoms with Crippen molar-refractivity contribution in [1.82, 2.24) is 15.0 Å². The molecule has 1 fully saturated rings. The van der Waals surface area contributed by atoms with Gasteiger partial charge >= 0.3 is 6.18 Å². The lowest BCUT2D eigenvalue weighted by Gasteiger charge is -2.12. The zero-order chi connectivity index (χ0) is 18.3. The molecule has 0 aromatic carbocycles. The molecule has 4 rings (SSSR count). The van der Waals surface area contributed by atoms with Crippen molar-refractivity contribution in [2.75, 3.05) is 10.6 Å². The first-order valence-electron chi connectivity index (χ1n) is 7.99. The van der Waals surface area contributed by atoms with E-state index in [-0.39, 0.29) is 17.4 Å². The number of hydrogen-bond donors (Lipinski definition) is 3. The number of aromatic nitrogens is 3. The minimum atomic E-state index is -4.46. The van der Waals surface area contributed by atoms with E-state index in [1.165, 1.54) is 6.20 Å². The number of pyridine rings is 3. The number of H-pyrrole nitrogens is 1. The monoisotopic (exact) mass is 361 g/mol. The Kier molecular flexibility index (Phi) is 3.78. The summed E-state index contributed by atoms with van der Waals surface area (Å²) in [5.74, 6) is 0.730. The van der Waals surface area contributed by atoms with Crippen LogP contribution in [0, 0.1) is 0 Å². The third kappa shape index (κ3) is 3.32. The molecular formula is C17H14F3N5O. The predicted octanol–water partition coefficient (Wildman–Crippen LogP) is 3.65. The van der Waals surface area contributed by atoms with Crippen molar-refractivity contribution in [1.29, 1.82) is 0 Å². The first-order chi connectivity index (χ1) is 12.4. The number of hydrogen-bond acceptors (Lipinski definition) is 5. The van der Waals surface area contributed by atoms with Crippen molar-refractivity contribution in [3.63, 3.8) is 0 Å². The van der Waals surface area contributed by atoms with Crippen LogP contribution >= 0.6 is 0 Å². The van der Waals surface area contributed by atoms with E-state index in [1.54, 1.807) is 12.1 Å². The van der Waals surface area contributed by atoms with E-state index in [0.717, 1.165) is 31.2 Å². The fourth-order valence-electron chi connectivity index (χ4n) is 2.61. The molecule has 3 aromatic rings. The molecule has 9 heteroatoms. The third-order valence-corrected chi connectivity index (χ3v) is 4.02. The smallest absolute Gasteiger partial charge is 0.367 e. The molecule has 26 heavy (non-hydrogen) atoms. The molecule has 0 spiro atoms. The number of nitrogens with one attached hydrogen (secondary N) is 3. The number of fused-ring (bicyclic) bond motifs is 1. The topological polar surface area (TPSA) is 82.7 Å². The van der Waals surface area contributed by atoms with E-state index in [9.17, 15) is 18.0 Å². The molecular weight excluding hydrogens is 347 g/mol. The van der Waals surface area contributed by atoms with Crippen molar-refractivity contribution in [2.45, 2.75) is 25.1 Å². The standard InChI is InChI=1S/C17H14F3N5O/c18-17(19,20)10-4-6-21-12(8-10)24-13-7-9-3-5-22-16(26)14(9)15(25-13)23-11-1-2-11/h3-8,11H,1-2H2,(H,22,26)(H2,21,23,24,25). The van der Waals surface area contributed by atoms with Gasteiger partial charge in [0, 0.05) is 18.4 Å². The minimum Gasteiger partial charge on any atom is -0.367 e.